The second-order valence-corrected chi connectivity index (χ2v) is 7.83. The number of rotatable bonds is 6. The molecule has 0 amide bonds. The maximum Gasteiger partial charge on any atom is 0.181 e. The van der Waals surface area contributed by atoms with Gasteiger partial charge >= 0.3 is 0 Å². The van der Waals surface area contributed by atoms with E-state index in [0.29, 0.717) is 11.3 Å². The summed E-state index contributed by atoms with van der Waals surface area (Å²) in [7, 11) is -3.13. The summed E-state index contributed by atoms with van der Waals surface area (Å²) in [5.41, 5.74) is 1.91. The normalized spacial score (nSPS) is 20.9. The third-order valence-electron chi connectivity index (χ3n) is 4.10. The largest absolute Gasteiger partial charge is 0.223 e. The molecule has 0 aliphatic carbocycles. The predicted molar refractivity (Wildman–Crippen MR) is 85.2 cm³/mol. The third-order valence-corrected chi connectivity index (χ3v) is 6.41. The van der Waals surface area contributed by atoms with Crippen LogP contribution in [0.1, 0.15) is 56.6 Å². The lowest BCUT2D eigenvalue weighted by atomic mass is 10.1. The van der Waals surface area contributed by atoms with Gasteiger partial charge in [0.2, 0.25) is 0 Å². The number of allylic oxidation sites excluding steroid dienone is 1. The molecule has 1 aliphatic heterocycles. The molecular weight excluding hydrogens is 268 g/mol. The van der Waals surface area contributed by atoms with Crippen molar-refractivity contribution in [1.29, 1.82) is 0 Å². The first-order valence-electron chi connectivity index (χ1n) is 7.57. The molecular formula is C17H24O2S. The molecule has 1 aromatic carbocycles. The topological polar surface area (TPSA) is 34.1 Å². The highest BCUT2D eigenvalue weighted by Crippen LogP contribution is 2.36. The van der Waals surface area contributed by atoms with Gasteiger partial charge in [0.05, 0.1) is 10.2 Å². The highest BCUT2D eigenvalue weighted by molar-refractivity contribution is 8.01. The van der Waals surface area contributed by atoms with E-state index in [0.717, 1.165) is 30.4 Å². The molecule has 110 valence electrons. The van der Waals surface area contributed by atoms with E-state index in [1.165, 1.54) is 12.8 Å². The molecule has 0 aromatic heterocycles. The number of aryl methyl sites for hydroxylation is 1. The van der Waals surface area contributed by atoms with Crippen molar-refractivity contribution in [2.75, 3.05) is 0 Å². The maximum atomic E-state index is 12.6. The number of unbranched alkanes of at least 4 members (excludes halogenated alkanes) is 3. The summed E-state index contributed by atoms with van der Waals surface area (Å²) >= 11 is 0. The van der Waals surface area contributed by atoms with E-state index < -0.39 is 9.84 Å². The Kier molecular flexibility index (Phi) is 5.03. The first-order valence-corrected chi connectivity index (χ1v) is 9.12. The van der Waals surface area contributed by atoms with Crippen molar-refractivity contribution in [3.8, 4) is 0 Å². The number of hydrogen-bond acceptors (Lipinski definition) is 2. The van der Waals surface area contributed by atoms with Crippen molar-refractivity contribution >= 4 is 14.7 Å². The molecule has 2 rings (SSSR count). The van der Waals surface area contributed by atoms with Gasteiger partial charge in [0.25, 0.3) is 0 Å². The van der Waals surface area contributed by atoms with Gasteiger partial charge in [-0.25, -0.2) is 8.42 Å². The molecule has 2 nitrogen and oxygen atoms in total. The van der Waals surface area contributed by atoms with E-state index in [1.54, 1.807) is 0 Å². The number of sulfone groups is 1. The van der Waals surface area contributed by atoms with E-state index >= 15 is 0 Å². The quantitative estimate of drug-likeness (QED) is 0.724. The summed E-state index contributed by atoms with van der Waals surface area (Å²) in [6.45, 7) is 4.14. The van der Waals surface area contributed by atoms with Gasteiger partial charge in [0.1, 0.15) is 0 Å². The molecule has 0 radical (unpaired) electrons. The van der Waals surface area contributed by atoms with Crippen LogP contribution >= 0.6 is 0 Å². The Morgan fingerprint density at radius 1 is 1.15 bits per heavy atom. The van der Waals surface area contributed by atoms with Gasteiger partial charge < -0.3 is 0 Å². The van der Waals surface area contributed by atoms with Gasteiger partial charge in [-0.15, -0.1) is 0 Å². The van der Waals surface area contributed by atoms with Crippen molar-refractivity contribution in [2.24, 2.45) is 0 Å². The Morgan fingerprint density at radius 2 is 1.90 bits per heavy atom. The first-order chi connectivity index (χ1) is 9.57. The van der Waals surface area contributed by atoms with E-state index in [4.69, 9.17) is 0 Å². The number of benzene rings is 1. The first kappa shape index (κ1) is 15.3. The van der Waals surface area contributed by atoms with Crippen molar-refractivity contribution < 1.29 is 8.42 Å². The summed E-state index contributed by atoms with van der Waals surface area (Å²) in [6, 6.07) is 7.74. The van der Waals surface area contributed by atoms with Gasteiger partial charge in [-0.1, -0.05) is 62.9 Å². The zero-order valence-electron chi connectivity index (χ0n) is 12.4. The Balaban J connectivity index is 2.10. The van der Waals surface area contributed by atoms with Gasteiger partial charge in [-0.2, -0.15) is 0 Å². The molecule has 3 heteroatoms. The van der Waals surface area contributed by atoms with E-state index in [-0.39, 0.29) is 5.25 Å². The van der Waals surface area contributed by atoms with Crippen LogP contribution in [0.4, 0.5) is 0 Å². The minimum atomic E-state index is -3.13. The van der Waals surface area contributed by atoms with Crippen LogP contribution in [-0.2, 0) is 9.84 Å². The molecule has 1 aliphatic rings. The minimum Gasteiger partial charge on any atom is -0.223 e. The molecule has 20 heavy (non-hydrogen) atoms. The van der Waals surface area contributed by atoms with Crippen LogP contribution in [0.5, 0.6) is 0 Å². The van der Waals surface area contributed by atoms with Gasteiger partial charge in [-0.05, 0) is 30.9 Å². The Morgan fingerprint density at radius 3 is 2.60 bits per heavy atom. The van der Waals surface area contributed by atoms with Crippen LogP contribution in [0.15, 0.2) is 30.3 Å². The molecule has 1 unspecified atom stereocenters. The van der Waals surface area contributed by atoms with Crippen LogP contribution in [0.2, 0.25) is 0 Å². The van der Waals surface area contributed by atoms with E-state index in [9.17, 15) is 8.42 Å². The van der Waals surface area contributed by atoms with Gasteiger partial charge in [-0.3, -0.25) is 0 Å². The third kappa shape index (κ3) is 3.14. The lowest BCUT2D eigenvalue weighted by Crippen LogP contribution is -2.17. The Bertz CT molecular complexity index is 585. The summed E-state index contributed by atoms with van der Waals surface area (Å²) in [5, 5.41) is -0.200. The van der Waals surface area contributed by atoms with Crippen LogP contribution in [0.25, 0.3) is 4.91 Å². The molecule has 0 bridgehead atoms. The Labute approximate surface area is 122 Å². The maximum absolute atomic E-state index is 12.6. The summed E-state index contributed by atoms with van der Waals surface area (Å²) in [6.07, 6.45) is 7.94. The smallest absolute Gasteiger partial charge is 0.181 e. The molecule has 0 fully saturated rings. The fourth-order valence-corrected chi connectivity index (χ4v) is 4.90. The molecule has 0 spiro atoms. The molecule has 1 heterocycles. The zero-order valence-corrected chi connectivity index (χ0v) is 13.2. The monoisotopic (exact) mass is 292 g/mol. The van der Waals surface area contributed by atoms with Crippen LogP contribution < -0.4 is 0 Å². The van der Waals surface area contributed by atoms with Gasteiger partial charge in [0.15, 0.2) is 9.84 Å². The fourth-order valence-electron chi connectivity index (χ4n) is 2.85. The molecule has 0 N–H and O–H groups in total. The zero-order chi connectivity index (χ0) is 14.6. The second-order valence-electron chi connectivity index (χ2n) is 5.64. The van der Waals surface area contributed by atoms with Crippen LogP contribution in [0.3, 0.4) is 0 Å². The fraction of sp³-hybridized carbons (Fsp3) is 0.529. The minimum absolute atomic E-state index is 0.200. The lowest BCUT2D eigenvalue weighted by molar-refractivity contribution is 0.567. The standard InChI is InChI=1S/C17H24O2S/c1-3-4-5-6-10-15-12-13-17(20(15,18)19)16-11-8-7-9-14(16)2/h7-9,11,13,15H,3-6,10,12H2,1-2H3. The number of hydrogen-bond donors (Lipinski definition) is 0. The lowest BCUT2D eigenvalue weighted by Gasteiger charge is -2.13. The molecule has 0 saturated carbocycles. The average molecular weight is 292 g/mol. The van der Waals surface area contributed by atoms with Gasteiger partial charge in [0, 0.05) is 0 Å². The average Bonchev–Trinajstić information content (AvgIpc) is 2.71. The van der Waals surface area contributed by atoms with Crippen LogP contribution in [-0.4, -0.2) is 13.7 Å². The Hall–Kier alpha value is -1.09. The summed E-state index contributed by atoms with van der Waals surface area (Å²) in [4.78, 5) is 0.552. The highest BCUT2D eigenvalue weighted by atomic mass is 32.2. The van der Waals surface area contributed by atoms with Crippen molar-refractivity contribution in [2.45, 2.75) is 57.6 Å². The summed E-state index contributed by atoms with van der Waals surface area (Å²) < 4.78 is 25.3. The second kappa shape index (κ2) is 6.57. The highest BCUT2D eigenvalue weighted by Gasteiger charge is 2.34. The van der Waals surface area contributed by atoms with Crippen molar-refractivity contribution in [3.63, 3.8) is 0 Å². The molecule has 1 aromatic rings. The molecule has 1 atom stereocenters. The van der Waals surface area contributed by atoms with E-state index in [2.05, 4.69) is 6.92 Å². The predicted octanol–water partition coefficient (Wildman–Crippen LogP) is 4.49. The van der Waals surface area contributed by atoms with Crippen molar-refractivity contribution in [3.05, 3.63) is 41.5 Å². The summed E-state index contributed by atoms with van der Waals surface area (Å²) in [5.74, 6) is 0. The van der Waals surface area contributed by atoms with E-state index in [1.807, 2.05) is 37.3 Å². The van der Waals surface area contributed by atoms with Crippen LogP contribution in [0, 0.1) is 6.92 Å². The SMILES string of the molecule is CCCCCCC1CC=C(c2ccccc2C)S1(=O)=O. The molecule has 0 saturated heterocycles. The van der Waals surface area contributed by atoms with Crippen molar-refractivity contribution in [1.82, 2.24) is 0 Å².